The van der Waals surface area contributed by atoms with Crippen LogP contribution in [0.1, 0.15) is 116 Å². The van der Waals surface area contributed by atoms with E-state index in [-0.39, 0.29) is 68.8 Å². The Bertz CT molecular complexity index is 2340. The van der Waals surface area contributed by atoms with Crippen LogP contribution in [-0.4, -0.2) is 49.6 Å². The molecule has 4 N–H and O–H groups in total. The molecule has 0 spiro atoms. The number of rotatable bonds is 0. The third-order valence-electron chi connectivity index (χ3n) is 23.5. The Morgan fingerprint density at radius 1 is 0.391 bits per heavy atom. The second-order valence-corrected chi connectivity index (χ2v) is 29.3. The zero-order valence-electron chi connectivity index (χ0n) is 39.5. The van der Waals surface area contributed by atoms with Gasteiger partial charge in [-0.2, -0.15) is 8.42 Å². The minimum atomic E-state index is -4.19. The van der Waals surface area contributed by atoms with Gasteiger partial charge in [0.05, 0.1) is 11.2 Å². The van der Waals surface area contributed by atoms with Gasteiger partial charge in [0.25, 0.3) is 0 Å². The topological polar surface area (TPSA) is 125 Å². The van der Waals surface area contributed by atoms with Crippen molar-refractivity contribution in [1.82, 2.24) is 0 Å². The first-order chi connectivity index (χ1) is 32.0. The minimum absolute atomic E-state index is 0. The fraction of sp³-hybridized carbons (Fsp3) is 0.759. The van der Waals surface area contributed by atoms with E-state index < -0.39 is 9.33 Å². The van der Waals surface area contributed by atoms with E-state index in [9.17, 15) is 10.2 Å². The molecule has 0 aromatic heterocycles. The van der Waals surface area contributed by atoms with Crippen molar-refractivity contribution in [2.75, 3.05) is 0 Å². The number of alkyl halides is 2. The molecule has 0 aromatic carbocycles. The molecule has 0 aromatic rings. The maximum atomic E-state index is 10.6. The molecule has 8 atom stereocenters. The van der Waals surface area contributed by atoms with Gasteiger partial charge < -0.3 is 15.7 Å². The summed E-state index contributed by atoms with van der Waals surface area (Å²) in [5.74, 6) is 53.8. The summed E-state index contributed by atoms with van der Waals surface area (Å²) < 4.78 is 25.2. The van der Waals surface area contributed by atoms with Gasteiger partial charge in [-0.25, -0.2) is 0 Å². The molecule has 6 nitrogen and oxygen atoms in total. The van der Waals surface area contributed by atoms with Crippen LogP contribution in [0.2, 0.25) is 0 Å². The molecule has 28 bridgehead atoms. The molecule has 23 saturated carbocycles. The Hall–Kier alpha value is -1.42. The van der Waals surface area contributed by atoms with E-state index in [1.165, 1.54) is 110 Å². The van der Waals surface area contributed by atoms with Crippen molar-refractivity contribution >= 4 is 43.2 Å². The van der Waals surface area contributed by atoms with Crippen molar-refractivity contribution < 1.29 is 71.1 Å². The summed E-state index contributed by atoms with van der Waals surface area (Å²) in [4.78, 5) is 0.431. The van der Waals surface area contributed by atoms with Crippen molar-refractivity contribution in [3.05, 3.63) is 0 Å². The summed E-state index contributed by atoms with van der Waals surface area (Å²) >= 11 is 13.7. The molecule has 0 aliphatic heterocycles. The van der Waals surface area contributed by atoms with E-state index in [0.29, 0.717) is 0 Å². The van der Waals surface area contributed by atoms with E-state index >= 15 is 0 Å². The first kappa shape index (κ1) is 49.8. The smallest absolute Gasteiger partial charge is 0.870 e. The monoisotopic (exact) mass is 1030 g/mol. The van der Waals surface area contributed by atoms with Crippen molar-refractivity contribution in [1.29, 1.82) is 0 Å². The van der Waals surface area contributed by atoms with Crippen LogP contribution < -0.4 is 29.6 Å². The number of halogens is 3. The van der Waals surface area contributed by atoms with E-state index in [4.69, 9.17) is 49.0 Å². The number of terminal acetylenes is 2. The second-order valence-electron chi connectivity index (χ2n) is 25.7. The quantitative estimate of drug-likeness (QED) is 0.0744. The predicted molar refractivity (Wildman–Crippen MR) is 280 cm³/mol. The van der Waals surface area contributed by atoms with E-state index in [1.54, 1.807) is 25.7 Å². The predicted octanol–water partition coefficient (Wildman–Crippen LogP) is 7.98. The third-order valence-corrected chi connectivity index (χ3v) is 24.5. The Morgan fingerprint density at radius 2 is 0.580 bits per heavy atom. The molecule has 0 heterocycles. The van der Waals surface area contributed by atoms with Gasteiger partial charge in [-0.1, -0.05) is 0 Å². The maximum Gasteiger partial charge on any atom is 1.00 e. The molecular formula is C58H80Cl3NaO6S. The van der Waals surface area contributed by atoms with Gasteiger partial charge >= 0.3 is 38.9 Å². The second kappa shape index (κ2) is 17.3. The van der Waals surface area contributed by atoms with Gasteiger partial charge in [-0.3, -0.25) is 4.55 Å². The van der Waals surface area contributed by atoms with Crippen LogP contribution in [0.4, 0.5) is 0 Å². The number of hydrogen-bond donors (Lipinski definition) is 3. The Morgan fingerprint density at radius 3 is 0.783 bits per heavy atom. The van der Waals surface area contributed by atoms with Crippen LogP contribution in [0.3, 0.4) is 0 Å². The molecule has 23 aliphatic rings. The summed E-state index contributed by atoms with van der Waals surface area (Å²) in [6, 6.07) is 0. The summed E-state index contributed by atoms with van der Waals surface area (Å²) in [5, 5.41) is 21.2. The van der Waals surface area contributed by atoms with Gasteiger partial charge in [0.1, 0.15) is 0 Å². The molecule has 376 valence electrons. The van der Waals surface area contributed by atoms with Gasteiger partial charge in [0.15, 0.2) is 0 Å². The first-order valence-corrected chi connectivity index (χ1v) is 28.9. The first-order valence-electron chi connectivity index (χ1n) is 25.9. The molecule has 0 radical (unpaired) electrons. The molecular weight excluding hydrogens is 954 g/mol. The van der Waals surface area contributed by atoms with Crippen LogP contribution in [0.25, 0.3) is 0 Å². The maximum absolute atomic E-state index is 10.6. The zero-order chi connectivity index (χ0) is 46.2. The molecule has 23 fully saturated rings. The van der Waals surface area contributed by atoms with Crippen LogP contribution in [0.5, 0.6) is 0 Å². The van der Waals surface area contributed by atoms with Crippen molar-refractivity contribution in [3.8, 4) is 83.9 Å². The van der Waals surface area contributed by atoms with Crippen molar-refractivity contribution in [3.63, 3.8) is 0 Å². The Balaban J connectivity index is 0.000000331. The average Bonchev–Trinajstić information content (AvgIpc) is 3.63. The SMILES string of the molecule is C#CC#CC#CC#CC#CC#CC#C.C1C2C3CC4C2C4C3CC2C3CC4C(C13)C24.ClC12CC3C4CC5(Cl)CC3C(C1)C(C5)C4C2.O=S(=O)(O)Cl.OC12CC3C4CC5(O)CC3C(C1)C(C5)C4C2.[HH].[HH].[HH].[HH].[HH].[HH].[HH].[HH].[HH].[Na+].[OH-]. The minimum Gasteiger partial charge on any atom is -0.870 e. The molecule has 23 rings (SSSR count). The van der Waals surface area contributed by atoms with Crippen molar-refractivity contribution in [2.24, 2.45) is 142 Å². The normalized spacial score (nSPS) is 56.0. The summed E-state index contributed by atoms with van der Waals surface area (Å²) in [6.45, 7) is 0. The number of aliphatic hydroxyl groups is 2. The van der Waals surface area contributed by atoms with E-state index in [1.807, 2.05) is 0 Å². The Labute approximate surface area is 460 Å². The van der Waals surface area contributed by atoms with Gasteiger partial charge in [-0.05, 0) is 316 Å². The molecule has 23 aliphatic carbocycles. The molecule has 11 heteroatoms. The third kappa shape index (κ3) is 8.06. The van der Waals surface area contributed by atoms with Crippen molar-refractivity contribution in [2.45, 2.75) is 124 Å². The summed E-state index contributed by atoms with van der Waals surface area (Å²) in [7, 11) is -0.137. The van der Waals surface area contributed by atoms with Gasteiger partial charge in [-0.15, -0.1) is 36.0 Å². The van der Waals surface area contributed by atoms with E-state index in [2.05, 4.69) is 81.7 Å². The summed E-state index contributed by atoms with van der Waals surface area (Å²) in [5.41, 5.74) is -0.591. The van der Waals surface area contributed by atoms with Gasteiger partial charge in [0, 0.05) is 33.3 Å². The summed E-state index contributed by atoms with van der Waals surface area (Å²) in [6.07, 6.45) is 30.7. The Kier molecular flexibility index (Phi) is 12.5. The fourth-order valence-electron chi connectivity index (χ4n) is 22.9. The fourth-order valence-corrected chi connectivity index (χ4v) is 24.0. The van der Waals surface area contributed by atoms with Crippen LogP contribution in [-0.2, 0) is 9.33 Å². The zero-order valence-corrected chi connectivity index (χ0v) is 44.6. The molecule has 0 saturated heterocycles. The van der Waals surface area contributed by atoms with E-state index in [0.717, 1.165) is 110 Å². The van der Waals surface area contributed by atoms with Gasteiger partial charge in [0.2, 0.25) is 0 Å². The number of hydrogen-bond acceptors (Lipinski definition) is 5. The molecule has 8 unspecified atom stereocenters. The average molecular weight is 1030 g/mol. The molecule has 0 amide bonds. The largest absolute Gasteiger partial charge is 1.00 e. The van der Waals surface area contributed by atoms with Crippen LogP contribution in [0, 0.1) is 226 Å². The molecule has 69 heavy (non-hydrogen) atoms. The standard InChI is InChI=1S/C16H20.C14H18Cl2.C14H20O2.C14H2.ClHO3S.Na.H2O.9H2/c1-5-7-3-9-6-2-12-15(9)16(12)10(6)4-8(5)14-11(1)13(7)14;2*15-13-1-7-8-4-14(16)5-9(7)11(3-13)12(6-14)10(8)2-13;1-3-5-7-9-11-13-14-12-10-8-6-4-2;1-5(2,3)4;;;;;;;;;;;/h5-16H,1-4H2;7-12H,1-6H2;7-12,15-16H,1-6H2;1-2H;(H,2,3,4);;1H2;9*1H/q;;;;;+1;;;;;;;;;;/p-1. The van der Waals surface area contributed by atoms with Crippen LogP contribution in [0.15, 0.2) is 0 Å². The van der Waals surface area contributed by atoms with Crippen LogP contribution >= 0.6 is 33.9 Å².